The zero-order valence-electron chi connectivity index (χ0n) is 11.9. The van der Waals surface area contributed by atoms with Crippen LogP contribution in [-0.4, -0.2) is 0 Å². The van der Waals surface area contributed by atoms with Crippen molar-refractivity contribution >= 4 is 0 Å². The molecule has 0 aromatic carbocycles. The van der Waals surface area contributed by atoms with Crippen LogP contribution in [0.5, 0.6) is 0 Å². The van der Waals surface area contributed by atoms with Crippen molar-refractivity contribution in [3.8, 4) is 0 Å². The molecule has 0 bridgehead atoms. The van der Waals surface area contributed by atoms with E-state index in [4.69, 9.17) is 0 Å². The molecule has 0 saturated heterocycles. The normalized spacial score (nSPS) is 15.0. The van der Waals surface area contributed by atoms with Crippen molar-refractivity contribution in [2.75, 3.05) is 0 Å². The smallest absolute Gasteiger partial charge is 0.0232 e. The van der Waals surface area contributed by atoms with Crippen LogP contribution >= 0.6 is 0 Å². The van der Waals surface area contributed by atoms with Crippen LogP contribution in [0.2, 0.25) is 0 Å². The molecule has 0 aliphatic carbocycles. The van der Waals surface area contributed by atoms with Gasteiger partial charge in [0.15, 0.2) is 0 Å². The molecule has 94 valence electrons. The molecule has 0 N–H and O–H groups in total. The number of allylic oxidation sites excluding steroid dienone is 4. The molecule has 0 fully saturated rings. The summed E-state index contributed by atoms with van der Waals surface area (Å²) in [6, 6.07) is 0. The minimum absolute atomic E-state index is 0.750. The number of rotatable bonds is 8. The van der Waals surface area contributed by atoms with Crippen molar-refractivity contribution < 1.29 is 0 Å². The zero-order valence-corrected chi connectivity index (χ0v) is 11.9. The third-order valence-electron chi connectivity index (χ3n) is 3.02. The monoisotopic (exact) mass is 222 g/mol. The van der Waals surface area contributed by atoms with Crippen molar-refractivity contribution in [1.82, 2.24) is 0 Å². The van der Waals surface area contributed by atoms with Gasteiger partial charge in [0, 0.05) is 0 Å². The second kappa shape index (κ2) is 9.69. The van der Waals surface area contributed by atoms with E-state index in [1.165, 1.54) is 32.1 Å². The SMILES string of the molecule is CCCC=CCCC=C(C)C(C)CC(C)C. The highest BCUT2D eigenvalue weighted by molar-refractivity contribution is 5.03. The maximum absolute atomic E-state index is 2.42. The van der Waals surface area contributed by atoms with Gasteiger partial charge in [-0.25, -0.2) is 0 Å². The lowest BCUT2D eigenvalue weighted by atomic mass is 9.92. The van der Waals surface area contributed by atoms with Crippen LogP contribution < -0.4 is 0 Å². The van der Waals surface area contributed by atoms with Crippen LogP contribution in [0.3, 0.4) is 0 Å². The van der Waals surface area contributed by atoms with Crippen molar-refractivity contribution in [3.05, 3.63) is 23.8 Å². The second-order valence-electron chi connectivity index (χ2n) is 5.32. The minimum Gasteiger partial charge on any atom is -0.0885 e. The maximum atomic E-state index is 2.42. The maximum Gasteiger partial charge on any atom is -0.0232 e. The average molecular weight is 222 g/mol. The first kappa shape index (κ1) is 15.5. The van der Waals surface area contributed by atoms with Crippen LogP contribution in [0.25, 0.3) is 0 Å². The first-order valence-corrected chi connectivity index (χ1v) is 6.89. The average Bonchev–Trinajstić information content (AvgIpc) is 2.21. The van der Waals surface area contributed by atoms with Gasteiger partial charge in [0.25, 0.3) is 0 Å². The molecule has 0 aliphatic heterocycles. The highest BCUT2D eigenvalue weighted by atomic mass is 14.1. The molecule has 0 aromatic heterocycles. The first-order chi connectivity index (χ1) is 7.57. The third kappa shape index (κ3) is 8.76. The molecule has 0 rings (SSSR count). The van der Waals surface area contributed by atoms with Gasteiger partial charge in [-0.3, -0.25) is 0 Å². The van der Waals surface area contributed by atoms with E-state index < -0.39 is 0 Å². The summed E-state index contributed by atoms with van der Waals surface area (Å²) in [6.07, 6.45) is 13.3. The number of unbranched alkanes of at least 4 members (excludes halogenated alkanes) is 2. The summed E-state index contributed by atoms with van der Waals surface area (Å²) in [5.74, 6) is 1.56. The van der Waals surface area contributed by atoms with Gasteiger partial charge >= 0.3 is 0 Å². The van der Waals surface area contributed by atoms with E-state index >= 15 is 0 Å². The lowest BCUT2D eigenvalue weighted by molar-refractivity contribution is 0.485. The van der Waals surface area contributed by atoms with Crippen molar-refractivity contribution in [2.24, 2.45) is 11.8 Å². The van der Waals surface area contributed by atoms with Crippen LogP contribution in [0.15, 0.2) is 23.8 Å². The van der Waals surface area contributed by atoms with Crippen LogP contribution in [0.1, 0.15) is 66.7 Å². The summed E-state index contributed by atoms with van der Waals surface area (Å²) < 4.78 is 0. The van der Waals surface area contributed by atoms with Gasteiger partial charge in [-0.2, -0.15) is 0 Å². The molecule has 0 radical (unpaired) electrons. The lowest BCUT2D eigenvalue weighted by Crippen LogP contribution is -2.01. The van der Waals surface area contributed by atoms with Gasteiger partial charge in [-0.15, -0.1) is 0 Å². The Labute approximate surface area is 103 Å². The van der Waals surface area contributed by atoms with E-state index in [-0.39, 0.29) is 0 Å². The molecule has 0 spiro atoms. The summed E-state index contributed by atoms with van der Waals surface area (Å²) in [7, 11) is 0. The fraction of sp³-hybridized carbons (Fsp3) is 0.750. The molecule has 0 saturated carbocycles. The van der Waals surface area contributed by atoms with Gasteiger partial charge < -0.3 is 0 Å². The molecular formula is C16H30. The van der Waals surface area contributed by atoms with Gasteiger partial charge in [0.05, 0.1) is 0 Å². The van der Waals surface area contributed by atoms with E-state index in [0.29, 0.717) is 0 Å². The molecule has 0 nitrogen and oxygen atoms in total. The highest BCUT2D eigenvalue weighted by Gasteiger charge is 2.05. The minimum atomic E-state index is 0.750. The van der Waals surface area contributed by atoms with Crippen molar-refractivity contribution in [3.63, 3.8) is 0 Å². The van der Waals surface area contributed by atoms with Crippen LogP contribution in [-0.2, 0) is 0 Å². The Morgan fingerprint density at radius 2 is 1.62 bits per heavy atom. The molecule has 16 heavy (non-hydrogen) atoms. The Balaban J connectivity index is 3.77. The summed E-state index contributed by atoms with van der Waals surface area (Å²) in [5, 5.41) is 0. The predicted octanol–water partition coefficient (Wildman–Crippen LogP) is 5.75. The second-order valence-corrected chi connectivity index (χ2v) is 5.32. The Morgan fingerprint density at radius 1 is 1.00 bits per heavy atom. The topological polar surface area (TPSA) is 0 Å². The van der Waals surface area contributed by atoms with E-state index in [9.17, 15) is 0 Å². The summed E-state index contributed by atoms with van der Waals surface area (Å²) >= 11 is 0. The highest BCUT2D eigenvalue weighted by Crippen LogP contribution is 2.19. The Morgan fingerprint density at radius 3 is 2.19 bits per heavy atom. The van der Waals surface area contributed by atoms with Gasteiger partial charge in [-0.1, -0.05) is 57.9 Å². The van der Waals surface area contributed by atoms with Gasteiger partial charge in [-0.05, 0) is 44.4 Å². The fourth-order valence-corrected chi connectivity index (χ4v) is 1.90. The van der Waals surface area contributed by atoms with Crippen LogP contribution in [0.4, 0.5) is 0 Å². The quantitative estimate of drug-likeness (QED) is 0.362. The Kier molecular flexibility index (Phi) is 9.37. The number of hydrogen-bond acceptors (Lipinski definition) is 0. The number of hydrogen-bond donors (Lipinski definition) is 0. The first-order valence-electron chi connectivity index (χ1n) is 6.89. The molecule has 0 heterocycles. The molecular weight excluding hydrogens is 192 g/mol. The predicted molar refractivity (Wildman–Crippen MR) is 75.7 cm³/mol. The molecule has 0 aromatic rings. The largest absolute Gasteiger partial charge is 0.0885 e. The summed E-state index contributed by atoms with van der Waals surface area (Å²) in [6.45, 7) is 11.5. The van der Waals surface area contributed by atoms with Crippen LogP contribution in [0, 0.1) is 11.8 Å². The lowest BCUT2D eigenvalue weighted by Gasteiger charge is -2.14. The standard InChI is InChI=1S/C16H30/c1-6-7-8-9-10-11-12-15(4)16(5)13-14(2)3/h8-9,12,14,16H,6-7,10-11,13H2,1-5H3. The van der Waals surface area contributed by atoms with Crippen molar-refractivity contribution in [1.29, 1.82) is 0 Å². The zero-order chi connectivity index (χ0) is 12.4. The van der Waals surface area contributed by atoms with Crippen molar-refractivity contribution in [2.45, 2.75) is 66.7 Å². The summed E-state index contributed by atoms with van der Waals surface area (Å²) in [4.78, 5) is 0. The Bertz CT molecular complexity index is 208. The van der Waals surface area contributed by atoms with E-state index in [1.54, 1.807) is 5.57 Å². The van der Waals surface area contributed by atoms with E-state index in [2.05, 4.69) is 52.8 Å². The van der Waals surface area contributed by atoms with Gasteiger partial charge in [0.1, 0.15) is 0 Å². The fourth-order valence-electron chi connectivity index (χ4n) is 1.90. The molecule has 0 aliphatic rings. The van der Waals surface area contributed by atoms with E-state index in [1.807, 2.05) is 0 Å². The molecule has 1 atom stereocenters. The molecule has 0 heteroatoms. The van der Waals surface area contributed by atoms with Gasteiger partial charge in [0.2, 0.25) is 0 Å². The summed E-state index contributed by atoms with van der Waals surface area (Å²) in [5.41, 5.74) is 1.57. The molecule has 1 unspecified atom stereocenters. The third-order valence-corrected chi connectivity index (χ3v) is 3.02. The Hall–Kier alpha value is -0.520. The molecule has 0 amide bonds. The van der Waals surface area contributed by atoms with E-state index in [0.717, 1.165) is 11.8 Å².